The summed E-state index contributed by atoms with van der Waals surface area (Å²) in [6.45, 7) is 9.01. The van der Waals surface area contributed by atoms with Gasteiger partial charge in [-0.2, -0.15) is 0 Å². The molecule has 3 atom stereocenters. The van der Waals surface area contributed by atoms with Gasteiger partial charge in [-0.15, -0.1) is 0 Å². The van der Waals surface area contributed by atoms with Crippen molar-refractivity contribution in [3.8, 4) is 0 Å². The summed E-state index contributed by atoms with van der Waals surface area (Å²) in [5.74, 6) is -0.121. The largest absolute Gasteiger partial charge is 0.367 e. The zero-order valence-electron chi connectivity index (χ0n) is 18.5. The van der Waals surface area contributed by atoms with E-state index in [4.69, 9.17) is 4.74 Å². The first kappa shape index (κ1) is 22.5. The number of benzene rings is 1. The summed E-state index contributed by atoms with van der Waals surface area (Å²) < 4.78 is 5.55. The van der Waals surface area contributed by atoms with Gasteiger partial charge in [-0.3, -0.25) is 14.4 Å². The van der Waals surface area contributed by atoms with Crippen molar-refractivity contribution in [2.45, 2.75) is 76.9 Å². The lowest BCUT2D eigenvalue weighted by Gasteiger charge is -2.28. The van der Waals surface area contributed by atoms with Crippen molar-refractivity contribution in [2.24, 2.45) is 5.92 Å². The number of Topliss-reactive ketones (excluding diaryl/α,β-unsaturated/α-hetero) is 1. The molecule has 1 saturated carbocycles. The number of carbonyl (C=O) groups is 3. The third kappa shape index (κ3) is 4.91. The first-order valence-corrected chi connectivity index (χ1v) is 11.0. The molecule has 164 valence electrons. The second-order valence-corrected chi connectivity index (χ2v) is 9.82. The number of carbonyl (C=O) groups excluding carboxylic acids is 3. The van der Waals surface area contributed by atoms with Gasteiger partial charge in [0.1, 0.15) is 12.1 Å². The summed E-state index contributed by atoms with van der Waals surface area (Å²) >= 11 is 0. The Bertz CT molecular complexity index is 796. The Morgan fingerprint density at radius 2 is 1.93 bits per heavy atom. The minimum atomic E-state index is -0.801. The quantitative estimate of drug-likeness (QED) is 0.718. The summed E-state index contributed by atoms with van der Waals surface area (Å²) in [5.41, 5.74) is 1.08. The van der Waals surface area contributed by atoms with Crippen molar-refractivity contribution in [3.63, 3.8) is 0 Å². The molecule has 1 heterocycles. The predicted octanol–water partition coefficient (Wildman–Crippen LogP) is 3.14. The van der Waals surface area contributed by atoms with Gasteiger partial charge in [0.05, 0.1) is 6.10 Å². The minimum absolute atomic E-state index is 0.00394. The lowest BCUT2D eigenvalue weighted by molar-refractivity contribution is -0.130. The fourth-order valence-corrected chi connectivity index (χ4v) is 4.41. The molecule has 0 aromatic heterocycles. The third-order valence-electron chi connectivity index (χ3n) is 6.33. The van der Waals surface area contributed by atoms with Crippen LogP contribution in [0.4, 0.5) is 0 Å². The van der Waals surface area contributed by atoms with Crippen LogP contribution in [0, 0.1) is 5.92 Å². The van der Waals surface area contributed by atoms with Crippen LogP contribution < -0.4 is 10.6 Å². The van der Waals surface area contributed by atoms with Gasteiger partial charge in [0.25, 0.3) is 5.91 Å². The number of nitrogens with one attached hydrogen (secondary N) is 2. The van der Waals surface area contributed by atoms with Gasteiger partial charge in [0.15, 0.2) is 5.78 Å². The normalized spacial score (nSPS) is 24.4. The first-order valence-electron chi connectivity index (χ1n) is 11.0. The van der Waals surface area contributed by atoms with Crippen molar-refractivity contribution in [3.05, 3.63) is 35.4 Å². The monoisotopic (exact) mass is 414 g/mol. The molecular formula is C24H34N2O4. The molecule has 2 N–H and O–H groups in total. The summed E-state index contributed by atoms with van der Waals surface area (Å²) in [5, 5.41) is 5.91. The maximum Gasteiger partial charge on any atom is 0.251 e. The number of hydrogen-bond acceptors (Lipinski definition) is 4. The van der Waals surface area contributed by atoms with Gasteiger partial charge in [-0.25, -0.2) is 0 Å². The molecule has 1 aliphatic carbocycles. The molecule has 3 rings (SSSR count). The average molecular weight is 415 g/mol. The summed E-state index contributed by atoms with van der Waals surface area (Å²) in [7, 11) is 0. The standard InChI is InChI=1S/C24H34N2O4/c1-16(14-21(28)26-24-12-5-6-20(24)30-15-19(24)27)11-13-25-22(29)17-7-9-18(10-8-17)23(2,3)4/h7-10,16,20H,5-6,11-15H2,1-4H3,(H,25,29)(H,26,28). The predicted molar refractivity (Wildman–Crippen MR) is 115 cm³/mol. The maximum atomic E-state index is 12.5. The lowest BCUT2D eigenvalue weighted by atomic mass is 9.87. The summed E-state index contributed by atoms with van der Waals surface area (Å²) in [4.78, 5) is 37.1. The smallest absolute Gasteiger partial charge is 0.251 e. The van der Waals surface area contributed by atoms with E-state index in [1.165, 1.54) is 5.56 Å². The van der Waals surface area contributed by atoms with Crippen LogP contribution in [0.15, 0.2) is 24.3 Å². The minimum Gasteiger partial charge on any atom is -0.367 e. The molecule has 1 aliphatic heterocycles. The Hall–Kier alpha value is -2.21. The molecule has 0 radical (unpaired) electrons. The van der Waals surface area contributed by atoms with Crippen LogP contribution in [0.3, 0.4) is 0 Å². The Labute approximate surface area is 179 Å². The molecule has 2 amide bonds. The topological polar surface area (TPSA) is 84.5 Å². The van der Waals surface area contributed by atoms with E-state index < -0.39 is 5.54 Å². The highest BCUT2D eigenvalue weighted by atomic mass is 16.5. The van der Waals surface area contributed by atoms with Crippen molar-refractivity contribution in [1.29, 1.82) is 0 Å². The number of fused-ring (bicyclic) bond motifs is 1. The van der Waals surface area contributed by atoms with E-state index in [1.807, 2.05) is 31.2 Å². The SMILES string of the molecule is CC(CCNC(=O)c1ccc(C(C)(C)C)cc1)CC(=O)NC12CCCC1OCC2=O. The summed E-state index contributed by atoms with van der Waals surface area (Å²) in [6, 6.07) is 7.69. The zero-order valence-corrected chi connectivity index (χ0v) is 18.5. The zero-order chi connectivity index (χ0) is 21.9. The summed E-state index contributed by atoms with van der Waals surface area (Å²) in [6.07, 6.45) is 3.24. The van der Waals surface area contributed by atoms with Gasteiger partial charge in [0, 0.05) is 18.5 Å². The van der Waals surface area contributed by atoms with E-state index in [-0.39, 0.29) is 41.6 Å². The highest BCUT2D eigenvalue weighted by Crippen LogP contribution is 2.37. The fourth-order valence-electron chi connectivity index (χ4n) is 4.41. The second kappa shape index (κ2) is 8.88. The van der Waals surface area contributed by atoms with Crippen LogP contribution >= 0.6 is 0 Å². The van der Waals surface area contributed by atoms with Gasteiger partial charge in [-0.1, -0.05) is 39.8 Å². The van der Waals surface area contributed by atoms with Gasteiger partial charge in [-0.05, 0) is 54.7 Å². The van der Waals surface area contributed by atoms with Gasteiger partial charge in [0.2, 0.25) is 5.91 Å². The molecule has 3 unspecified atom stereocenters. The second-order valence-electron chi connectivity index (χ2n) is 9.82. The van der Waals surface area contributed by atoms with Gasteiger partial charge >= 0.3 is 0 Å². The molecule has 0 spiro atoms. The van der Waals surface area contributed by atoms with Gasteiger partial charge < -0.3 is 15.4 Å². The molecular weight excluding hydrogens is 380 g/mol. The third-order valence-corrected chi connectivity index (χ3v) is 6.33. The van der Waals surface area contributed by atoms with Crippen LogP contribution in [0.1, 0.15) is 75.7 Å². The fraction of sp³-hybridized carbons (Fsp3) is 0.625. The van der Waals surface area contributed by atoms with Crippen molar-refractivity contribution >= 4 is 17.6 Å². The highest BCUT2D eigenvalue weighted by Gasteiger charge is 2.54. The van der Waals surface area contributed by atoms with E-state index >= 15 is 0 Å². The van der Waals surface area contributed by atoms with E-state index in [2.05, 4.69) is 31.4 Å². The van der Waals surface area contributed by atoms with Crippen LogP contribution in [-0.4, -0.2) is 42.4 Å². The van der Waals surface area contributed by atoms with Crippen LogP contribution in [0.25, 0.3) is 0 Å². The Morgan fingerprint density at radius 1 is 1.23 bits per heavy atom. The van der Waals surface area contributed by atoms with Crippen LogP contribution in [0.5, 0.6) is 0 Å². The van der Waals surface area contributed by atoms with E-state index in [0.717, 1.165) is 12.8 Å². The first-order chi connectivity index (χ1) is 14.1. The molecule has 6 nitrogen and oxygen atoms in total. The van der Waals surface area contributed by atoms with Crippen LogP contribution in [-0.2, 0) is 19.7 Å². The number of ketones is 1. The number of amides is 2. The number of rotatable bonds is 7. The molecule has 0 bridgehead atoms. The molecule has 1 saturated heterocycles. The lowest BCUT2D eigenvalue weighted by Crippen LogP contribution is -2.56. The Balaban J connectivity index is 1.42. The van der Waals surface area contributed by atoms with E-state index in [1.54, 1.807) is 0 Å². The van der Waals surface area contributed by atoms with Crippen molar-refractivity contribution < 1.29 is 19.1 Å². The van der Waals surface area contributed by atoms with E-state index in [9.17, 15) is 14.4 Å². The highest BCUT2D eigenvalue weighted by molar-refractivity contribution is 5.96. The molecule has 2 fully saturated rings. The Kier molecular flexibility index (Phi) is 6.65. The van der Waals surface area contributed by atoms with Crippen LogP contribution in [0.2, 0.25) is 0 Å². The number of ether oxygens (including phenoxy) is 1. The number of hydrogen-bond donors (Lipinski definition) is 2. The molecule has 6 heteroatoms. The Morgan fingerprint density at radius 3 is 2.60 bits per heavy atom. The van der Waals surface area contributed by atoms with Crippen molar-refractivity contribution in [1.82, 2.24) is 10.6 Å². The average Bonchev–Trinajstić information content (AvgIpc) is 3.20. The molecule has 1 aromatic carbocycles. The molecule has 1 aromatic rings. The van der Waals surface area contributed by atoms with Crippen molar-refractivity contribution in [2.75, 3.05) is 13.2 Å². The molecule has 2 aliphatic rings. The molecule has 30 heavy (non-hydrogen) atoms. The maximum absolute atomic E-state index is 12.5. The van der Waals surface area contributed by atoms with E-state index in [0.29, 0.717) is 31.4 Å².